The zero-order chi connectivity index (χ0) is 18.8. The number of nitrogens with zero attached hydrogens (tertiary/aromatic N) is 1. The van der Waals surface area contributed by atoms with E-state index >= 15 is 0 Å². The lowest BCUT2D eigenvalue weighted by atomic mass is 9.89. The molecule has 1 N–H and O–H groups in total. The summed E-state index contributed by atoms with van der Waals surface area (Å²) in [7, 11) is 0. The number of halogens is 1. The maximum absolute atomic E-state index is 12.8. The van der Waals surface area contributed by atoms with E-state index in [4.69, 9.17) is 11.6 Å². The summed E-state index contributed by atoms with van der Waals surface area (Å²) in [5, 5.41) is 10.1. The number of carboxylic acids is 1. The molecule has 1 amide bonds. The van der Waals surface area contributed by atoms with Crippen molar-refractivity contribution in [1.29, 1.82) is 0 Å². The summed E-state index contributed by atoms with van der Waals surface area (Å²) in [5.41, 5.74) is 1.82. The summed E-state index contributed by atoms with van der Waals surface area (Å²) in [6.45, 7) is 1.94. The minimum Gasteiger partial charge on any atom is -0.481 e. The van der Waals surface area contributed by atoms with Crippen LogP contribution in [0.3, 0.4) is 0 Å². The topological polar surface area (TPSA) is 74.7 Å². The van der Waals surface area contributed by atoms with Crippen molar-refractivity contribution >= 4 is 29.3 Å². The lowest BCUT2D eigenvalue weighted by Gasteiger charge is -2.17. The van der Waals surface area contributed by atoms with Gasteiger partial charge in [0.15, 0.2) is 5.78 Å². The lowest BCUT2D eigenvalue weighted by molar-refractivity contribution is -0.141. The third kappa shape index (κ3) is 3.63. The van der Waals surface area contributed by atoms with E-state index in [2.05, 4.69) is 0 Å². The number of aliphatic carboxylic acids is 1. The van der Waals surface area contributed by atoms with Crippen LogP contribution in [0.25, 0.3) is 0 Å². The fourth-order valence-electron chi connectivity index (χ4n) is 3.30. The fourth-order valence-corrected chi connectivity index (χ4v) is 3.42. The number of ketones is 1. The van der Waals surface area contributed by atoms with Gasteiger partial charge in [0.05, 0.1) is 5.92 Å². The number of Topliss-reactive ketones (excluding diaryl/α,β-unsaturated/α-hetero) is 1. The number of carbonyl (C=O) groups is 3. The first kappa shape index (κ1) is 18.1. The van der Waals surface area contributed by atoms with E-state index in [1.165, 1.54) is 6.92 Å². The van der Waals surface area contributed by atoms with Gasteiger partial charge in [-0.2, -0.15) is 0 Å². The molecule has 0 saturated carbocycles. The minimum absolute atomic E-state index is 0.0704. The molecule has 0 bridgehead atoms. The van der Waals surface area contributed by atoms with Crippen molar-refractivity contribution in [3.63, 3.8) is 0 Å². The van der Waals surface area contributed by atoms with Crippen molar-refractivity contribution in [2.75, 3.05) is 13.1 Å². The molecule has 0 spiro atoms. The molecule has 0 aromatic heterocycles. The van der Waals surface area contributed by atoms with Gasteiger partial charge in [-0.1, -0.05) is 35.9 Å². The third-order valence-electron chi connectivity index (χ3n) is 4.76. The van der Waals surface area contributed by atoms with Crippen molar-refractivity contribution in [3.05, 3.63) is 70.2 Å². The van der Waals surface area contributed by atoms with Crippen LogP contribution in [0.1, 0.15) is 39.1 Å². The summed E-state index contributed by atoms with van der Waals surface area (Å²) >= 11 is 5.91. The second-order valence-electron chi connectivity index (χ2n) is 6.45. The van der Waals surface area contributed by atoms with E-state index in [1.807, 2.05) is 0 Å². The molecule has 26 heavy (non-hydrogen) atoms. The SMILES string of the molecule is CC(=O)c1ccc(C(=O)N2C[C@@H](C(=O)O)[C@H](c3ccc(Cl)cc3)C2)cc1. The molecule has 2 aromatic carbocycles. The van der Waals surface area contributed by atoms with Crippen molar-refractivity contribution in [2.24, 2.45) is 5.92 Å². The van der Waals surface area contributed by atoms with Crippen molar-refractivity contribution in [3.8, 4) is 0 Å². The molecule has 2 atom stereocenters. The molecular weight excluding hydrogens is 354 g/mol. The van der Waals surface area contributed by atoms with Crippen LogP contribution >= 0.6 is 11.6 Å². The second-order valence-corrected chi connectivity index (χ2v) is 6.88. The molecule has 0 radical (unpaired) electrons. The van der Waals surface area contributed by atoms with Gasteiger partial charge in [0, 0.05) is 35.2 Å². The summed E-state index contributed by atoms with van der Waals surface area (Å²) in [4.78, 5) is 37.3. The fraction of sp³-hybridized carbons (Fsp3) is 0.250. The van der Waals surface area contributed by atoms with Gasteiger partial charge in [-0.3, -0.25) is 14.4 Å². The van der Waals surface area contributed by atoms with Gasteiger partial charge in [0.2, 0.25) is 0 Å². The Kier molecular flexibility index (Phi) is 5.09. The molecule has 134 valence electrons. The Morgan fingerprint density at radius 1 is 0.962 bits per heavy atom. The standard InChI is InChI=1S/C20H18ClNO4/c1-12(23)13-2-4-15(5-3-13)19(24)22-10-17(18(11-22)20(25)26)14-6-8-16(21)9-7-14/h2-9,17-18H,10-11H2,1H3,(H,25,26)/t17-,18+/m0/s1. The van der Waals surface area contributed by atoms with Crippen molar-refractivity contribution in [2.45, 2.75) is 12.8 Å². The molecule has 1 heterocycles. The van der Waals surface area contributed by atoms with E-state index in [1.54, 1.807) is 53.4 Å². The molecule has 0 aliphatic carbocycles. The predicted molar refractivity (Wildman–Crippen MR) is 97.7 cm³/mol. The molecule has 0 unspecified atom stereocenters. The molecule has 2 aromatic rings. The minimum atomic E-state index is -0.924. The first-order valence-corrected chi connectivity index (χ1v) is 8.63. The first-order valence-electron chi connectivity index (χ1n) is 8.25. The summed E-state index contributed by atoms with van der Waals surface area (Å²) in [5.74, 6) is -2.18. The van der Waals surface area contributed by atoms with Crippen LogP contribution in [0.4, 0.5) is 0 Å². The molecule has 1 fully saturated rings. The Morgan fingerprint density at radius 3 is 2.08 bits per heavy atom. The van der Waals surface area contributed by atoms with Crippen LogP contribution in [-0.2, 0) is 4.79 Å². The Morgan fingerprint density at radius 2 is 1.54 bits per heavy atom. The zero-order valence-electron chi connectivity index (χ0n) is 14.2. The number of carboxylic acid groups (broad SMARTS) is 1. The number of carbonyl (C=O) groups excluding carboxylic acids is 2. The van der Waals surface area contributed by atoms with Crippen molar-refractivity contribution in [1.82, 2.24) is 4.90 Å². The quantitative estimate of drug-likeness (QED) is 0.835. The first-order chi connectivity index (χ1) is 12.4. The number of hydrogen-bond acceptors (Lipinski definition) is 3. The average molecular weight is 372 g/mol. The van der Waals surface area contributed by atoms with Crippen LogP contribution in [0, 0.1) is 5.92 Å². The maximum atomic E-state index is 12.8. The largest absolute Gasteiger partial charge is 0.481 e. The number of amides is 1. The monoisotopic (exact) mass is 371 g/mol. The highest BCUT2D eigenvalue weighted by atomic mass is 35.5. The van der Waals surface area contributed by atoms with E-state index in [0.29, 0.717) is 22.7 Å². The smallest absolute Gasteiger partial charge is 0.308 e. The van der Waals surface area contributed by atoms with Gasteiger partial charge in [-0.15, -0.1) is 0 Å². The summed E-state index contributed by atoms with van der Waals surface area (Å²) in [6.07, 6.45) is 0. The van der Waals surface area contributed by atoms with Gasteiger partial charge < -0.3 is 10.0 Å². The molecule has 1 saturated heterocycles. The van der Waals surface area contributed by atoms with Gasteiger partial charge in [0.1, 0.15) is 0 Å². The Bertz CT molecular complexity index is 845. The highest BCUT2D eigenvalue weighted by molar-refractivity contribution is 6.30. The maximum Gasteiger partial charge on any atom is 0.308 e. The summed E-state index contributed by atoms with van der Waals surface area (Å²) in [6, 6.07) is 13.5. The second kappa shape index (κ2) is 7.30. The van der Waals surface area contributed by atoms with E-state index < -0.39 is 11.9 Å². The third-order valence-corrected chi connectivity index (χ3v) is 5.01. The average Bonchev–Trinajstić information content (AvgIpc) is 3.07. The van der Waals surface area contributed by atoms with E-state index in [0.717, 1.165) is 5.56 Å². The van der Waals surface area contributed by atoms with E-state index in [-0.39, 0.29) is 24.2 Å². The Labute approximate surface area is 156 Å². The van der Waals surface area contributed by atoms with E-state index in [9.17, 15) is 19.5 Å². The number of hydrogen-bond donors (Lipinski definition) is 1. The predicted octanol–water partition coefficient (Wildman–Crippen LogP) is 3.48. The summed E-state index contributed by atoms with van der Waals surface area (Å²) < 4.78 is 0. The molecule has 1 aliphatic rings. The van der Waals surface area contributed by atoms with Crippen LogP contribution < -0.4 is 0 Å². The highest BCUT2D eigenvalue weighted by Gasteiger charge is 2.40. The van der Waals surface area contributed by atoms with Crippen LogP contribution in [-0.4, -0.2) is 40.8 Å². The molecule has 6 heteroatoms. The molecule has 5 nitrogen and oxygen atoms in total. The van der Waals surface area contributed by atoms with Crippen molar-refractivity contribution < 1.29 is 19.5 Å². The number of benzene rings is 2. The molecule has 1 aliphatic heterocycles. The van der Waals surface area contributed by atoms with Gasteiger partial charge in [-0.25, -0.2) is 0 Å². The van der Waals surface area contributed by atoms with Gasteiger partial charge in [-0.05, 0) is 36.8 Å². The van der Waals surface area contributed by atoms with Crippen LogP contribution in [0.2, 0.25) is 5.02 Å². The Balaban J connectivity index is 1.82. The molecular formula is C20H18ClNO4. The lowest BCUT2D eigenvalue weighted by Crippen LogP contribution is -2.29. The van der Waals surface area contributed by atoms with Crippen LogP contribution in [0.5, 0.6) is 0 Å². The van der Waals surface area contributed by atoms with Gasteiger partial charge in [0.25, 0.3) is 5.91 Å². The number of likely N-dealkylation sites (tertiary alicyclic amines) is 1. The molecule has 3 rings (SSSR count). The number of rotatable bonds is 4. The zero-order valence-corrected chi connectivity index (χ0v) is 14.9. The van der Waals surface area contributed by atoms with Gasteiger partial charge >= 0.3 is 5.97 Å². The normalized spacial score (nSPS) is 19.4. The Hall–Kier alpha value is -2.66. The highest BCUT2D eigenvalue weighted by Crippen LogP contribution is 2.34. The van der Waals surface area contributed by atoms with Crippen LogP contribution in [0.15, 0.2) is 48.5 Å².